The van der Waals surface area contributed by atoms with Crippen LogP contribution in [-0.4, -0.2) is 4.98 Å². The largest absolute Gasteiger partial charge is 0.462 e. The molecule has 0 bridgehead atoms. The van der Waals surface area contributed by atoms with Gasteiger partial charge in [0.2, 0.25) is 0 Å². The highest BCUT2D eigenvalue weighted by atomic mass is 32.1. The minimum Gasteiger partial charge on any atom is -0.462 e. The van der Waals surface area contributed by atoms with E-state index in [-0.39, 0.29) is 0 Å². The van der Waals surface area contributed by atoms with Crippen molar-refractivity contribution in [2.75, 3.05) is 0 Å². The van der Waals surface area contributed by atoms with E-state index in [1.54, 1.807) is 17.6 Å². The van der Waals surface area contributed by atoms with Gasteiger partial charge in [-0.2, -0.15) is 0 Å². The normalized spacial score (nSPS) is 11.2. The number of rotatable bonds is 2. The number of hydrogen-bond donors (Lipinski definition) is 0. The second-order valence-corrected chi connectivity index (χ2v) is 5.19. The fourth-order valence-corrected chi connectivity index (χ4v) is 2.84. The van der Waals surface area contributed by atoms with Crippen molar-refractivity contribution in [3.05, 3.63) is 54.9 Å². The summed E-state index contributed by atoms with van der Waals surface area (Å²) in [6.45, 7) is 0. The van der Waals surface area contributed by atoms with Gasteiger partial charge in [-0.15, -0.1) is 11.3 Å². The van der Waals surface area contributed by atoms with Crippen molar-refractivity contribution in [1.29, 1.82) is 0 Å². The van der Waals surface area contributed by atoms with Crippen molar-refractivity contribution >= 4 is 22.3 Å². The van der Waals surface area contributed by atoms with E-state index in [2.05, 4.69) is 4.98 Å². The minimum atomic E-state index is 0.785. The highest BCUT2D eigenvalue weighted by molar-refractivity contribution is 7.18. The van der Waals surface area contributed by atoms with Gasteiger partial charge in [-0.1, -0.05) is 18.2 Å². The maximum atomic E-state index is 5.82. The number of para-hydroxylation sites is 1. The predicted molar refractivity (Wildman–Crippen MR) is 75.0 cm³/mol. The molecule has 0 fully saturated rings. The molecule has 0 spiro atoms. The Labute approximate surface area is 113 Å². The first-order valence-electron chi connectivity index (χ1n) is 5.89. The van der Waals surface area contributed by atoms with E-state index in [0.29, 0.717) is 0 Å². The Morgan fingerprint density at radius 1 is 1.00 bits per heavy atom. The van der Waals surface area contributed by atoms with Gasteiger partial charge < -0.3 is 8.83 Å². The predicted octanol–water partition coefficient (Wildman–Crippen LogP) is 4.82. The van der Waals surface area contributed by atoms with Gasteiger partial charge in [0.15, 0.2) is 10.8 Å². The Balaban J connectivity index is 1.80. The number of fused-ring (bicyclic) bond motifs is 1. The maximum Gasteiger partial charge on any atom is 0.162 e. The summed E-state index contributed by atoms with van der Waals surface area (Å²) < 4.78 is 11.2. The molecule has 3 aromatic heterocycles. The average Bonchev–Trinajstić information content (AvgIpc) is 3.17. The lowest BCUT2D eigenvalue weighted by Crippen LogP contribution is -1.65. The zero-order valence-corrected chi connectivity index (χ0v) is 10.7. The summed E-state index contributed by atoms with van der Waals surface area (Å²) in [6.07, 6.45) is 3.47. The van der Waals surface area contributed by atoms with Gasteiger partial charge in [0.1, 0.15) is 11.3 Å². The van der Waals surface area contributed by atoms with Crippen LogP contribution in [0.4, 0.5) is 0 Å². The van der Waals surface area contributed by atoms with Crippen molar-refractivity contribution in [3.63, 3.8) is 0 Å². The maximum absolute atomic E-state index is 5.82. The smallest absolute Gasteiger partial charge is 0.162 e. The molecule has 1 aromatic carbocycles. The number of aromatic nitrogens is 1. The average molecular weight is 267 g/mol. The molecular formula is C15H9NO2S. The summed E-state index contributed by atoms with van der Waals surface area (Å²) in [5, 5.41) is 1.96. The van der Waals surface area contributed by atoms with Crippen molar-refractivity contribution in [2.45, 2.75) is 0 Å². The van der Waals surface area contributed by atoms with Gasteiger partial charge >= 0.3 is 0 Å². The molecule has 0 N–H and O–H groups in total. The van der Waals surface area contributed by atoms with E-state index in [1.807, 2.05) is 48.7 Å². The fourth-order valence-electron chi connectivity index (χ4n) is 2.01. The van der Waals surface area contributed by atoms with Crippen LogP contribution in [-0.2, 0) is 0 Å². The first kappa shape index (κ1) is 10.6. The molecule has 92 valence electrons. The standard InChI is InChI=1S/C15H9NO2S/c1-2-5-11-10(4-1)8-13(18-11)14-9-16-15(19-14)12-6-3-7-17-12/h1-9H. The quantitative estimate of drug-likeness (QED) is 0.523. The van der Waals surface area contributed by atoms with E-state index >= 15 is 0 Å². The molecule has 0 atom stereocenters. The zero-order valence-electron chi connectivity index (χ0n) is 9.87. The molecule has 0 amide bonds. The van der Waals surface area contributed by atoms with Crippen LogP contribution in [0, 0.1) is 0 Å². The molecule has 4 rings (SSSR count). The van der Waals surface area contributed by atoms with Gasteiger partial charge in [0.05, 0.1) is 11.1 Å². The van der Waals surface area contributed by atoms with Gasteiger partial charge in [0.25, 0.3) is 0 Å². The van der Waals surface area contributed by atoms with Gasteiger partial charge in [-0.25, -0.2) is 4.98 Å². The summed E-state index contributed by atoms with van der Waals surface area (Å²) >= 11 is 1.56. The minimum absolute atomic E-state index is 0.785. The molecule has 0 saturated carbocycles. The molecule has 3 heterocycles. The van der Waals surface area contributed by atoms with E-state index in [1.165, 1.54) is 0 Å². The molecule has 4 heteroatoms. The van der Waals surface area contributed by atoms with Crippen LogP contribution in [0.1, 0.15) is 0 Å². The third-order valence-electron chi connectivity index (χ3n) is 2.91. The lowest BCUT2D eigenvalue weighted by molar-refractivity contribution is 0.582. The molecule has 0 saturated heterocycles. The van der Waals surface area contributed by atoms with Crippen molar-refractivity contribution in [2.24, 2.45) is 0 Å². The van der Waals surface area contributed by atoms with Crippen LogP contribution >= 0.6 is 11.3 Å². The van der Waals surface area contributed by atoms with Crippen LogP contribution in [0.15, 0.2) is 63.8 Å². The Bertz CT molecular complexity index is 794. The molecule has 0 radical (unpaired) electrons. The van der Waals surface area contributed by atoms with Crippen LogP contribution < -0.4 is 0 Å². The summed E-state index contributed by atoms with van der Waals surface area (Å²) in [7, 11) is 0. The van der Waals surface area contributed by atoms with Crippen molar-refractivity contribution < 1.29 is 8.83 Å². The molecular weight excluding hydrogens is 258 g/mol. The number of hydrogen-bond acceptors (Lipinski definition) is 4. The number of benzene rings is 1. The summed E-state index contributed by atoms with van der Waals surface area (Å²) in [5.74, 6) is 1.63. The molecule has 19 heavy (non-hydrogen) atoms. The summed E-state index contributed by atoms with van der Waals surface area (Å²) in [5.41, 5.74) is 0.894. The van der Waals surface area contributed by atoms with Crippen molar-refractivity contribution in [3.8, 4) is 21.4 Å². The van der Waals surface area contributed by atoms with Gasteiger partial charge in [-0.3, -0.25) is 0 Å². The number of furan rings is 2. The first-order chi connectivity index (χ1) is 9.40. The lowest BCUT2D eigenvalue weighted by atomic mass is 10.2. The third-order valence-corrected chi connectivity index (χ3v) is 3.93. The first-order valence-corrected chi connectivity index (χ1v) is 6.70. The fraction of sp³-hybridized carbons (Fsp3) is 0. The molecule has 0 unspecified atom stereocenters. The molecule has 0 aliphatic carbocycles. The number of nitrogens with zero attached hydrogens (tertiary/aromatic N) is 1. The van der Waals surface area contributed by atoms with Crippen LogP contribution in [0.2, 0.25) is 0 Å². The topological polar surface area (TPSA) is 39.2 Å². The molecule has 4 aromatic rings. The monoisotopic (exact) mass is 267 g/mol. The summed E-state index contributed by atoms with van der Waals surface area (Å²) in [6, 6.07) is 13.8. The zero-order chi connectivity index (χ0) is 12.7. The number of thiazole rings is 1. The van der Waals surface area contributed by atoms with E-state index in [0.717, 1.165) is 32.4 Å². The van der Waals surface area contributed by atoms with Crippen LogP contribution in [0.5, 0.6) is 0 Å². The highest BCUT2D eigenvalue weighted by Gasteiger charge is 2.12. The van der Waals surface area contributed by atoms with Crippen LogP contribution in [0.25, 0.3) is 32.4 Å². The van der Waals surface area contributed by atoms with Crippen molar-refractivity contribution in [1.82, 2.24) is 4.98 Å². The highest BCUT2D eigenvalue weighted by Crippen LogP contribution is 2.35. The summed E-state index contributed by atoms with van der Waals surface area (Å²) in [4.78, 5) is 5.37. The second-order valence-electron chi connectivity index (χ2n) is 4.16. The Kier molecular flexibility index (Phi) is 2.28. The molecule has 0 aliphatic rings. The van der Waals surface area contributed by atoms with Gasteiger partial charge in [0, 0.05) is 11.6 Å². The Morgan fingerprint density at radius 2 is 1.95 bits per heavy atom. The van der Waals surface area contributed by atoms with Gasteiger partial charge in [-0.05, 0) is 24.3 Å². The Morgan fingerprint density at radius 3 is 2.79 bits per heavy atom. The molecule has 0 aliphatic heterocycles. The van der Waals surface area contributed by atoms with E-state index in [9.17, 15) is 0 Å². The third kappa shape index (κ3) is 1.77. The van der Waals surface area contributed by atoms with E-state index < -0.39 is 0 Å². The van der Waals surface area contributed by atoms with E-state index in [4.69, 9.17) is 8.83 Å². The molecule has 3 nitrogen and oxygen atoms in total. The van der Waals surface area contributed by atoms with Crippen LogP contribution in [0.3, 0.4) is 0 Å². The lowest BCUT2D eigenvalue weighted by Gasteiger charge is -1.87. The SMILES string of the molecule is c1coc(-c2ncc(-c3cc4ccccc4o3)s2)c1. The second kappa shape index (κ2) is 4.10. The Hall–Kier alpha value is -2.33.